The highest BCUT2D eigenvalue weighted by molar-refractivity contribution is 5.74. The largest absolute Gasteiger partial charge is 0.340 e. The molecular formula is C10H16N6. The summed E-state index contributed by atoms with van der Waals surface area (Å²) in [6.45, 7) is 2.61. The number of hydrogen-bond acceptors (Lipinski definition) is 5. The van der Waals surface area contributed by atoms with Crippen molar-refractivity contribution in [3.05, 3.63) is 12.4 Å². The number of anilines is 1. The highest BCUT2D eigenvalue weighted by atomic mass is 15.3. The first-order valence-corrected chi connectivity index (χ1v) is 5.21. The van der Waals surface area contributed by atoms with Crippen LogP contribution in [-0.4, -0.2) is 39.4 Å². The molecule has 2 aromatic heterocycles. The fraction of sp³-hybridized carbons (Fsp3) is 0.500. The van der Waals surface area contributed by atoms with Crippen molar-refractivity contribution in [2.75, 3.05) is 18.5 Å². The maximum absolute atomic E-state index is 5.61. The highest BCUT2D eigenvalue weighted by Crippen LogP contribution is 2.14. The van der Waals surface area contributed by atoms with Gasteiger partial charge in [-0.2, -0.15) is 5.10 Å². The summed E-state index contributed by atoms with van der Waals surface area (Å²) >= 11 is 0. The van der Waals surface area contributed by atoms with Gasteiger partial charge in [-0.25, -0.2) is 9.97 Å². The summed E-state index contributed by atoms with van der Waals surface area (Å²) < 4.78 is 1.76. The zero-order valence-corrected chi connectivity index (χ0v) is 9.75. The molecule has 2 N–H and O–H groups in total. The van der Waals surface area contributed by atoms with Crippen molar-refractivity contribution < 1.29 is 0 Å². The summed E-state index contributed by atoms with van der Waals surface area (Å²) in [6, 6.07) is 0.217. The monoisotopic (exact) mass is 220 g/mol. The molecule has 6 heteroatoms. The van der Waals surface area contributed by atoms with Crippen LogP contribution in [0.5, 0.6) is 0 Å². The second kappa shape index (κ2) is 4.05. The van der Waals surface area contributed by atoms with E-state index in [1.807, 2.05) is 25.9 Å². The van der Waals surface area contributed by atoms with Crippen molar-refractivity contribution in [3.63, 3.8) is 0 Å². The topological polar surface area (TPSA) is 72.9 Å². The molecule has 0 fully saturated rings. The van der Waals surface area contributed by atoms with E-state index in [-0.39, 0.29) is 6.04 Å². The van der Waals surface area contributed by atoms with Crippen LogP contribution in [0.1, 0.15) is 6.92 Å². The Morgan fingerprint density at radius 2 is 2.25 bits per heavy atom. The van der Waals surface area contributed by atoms with Gasteiger partial charge in [0.25, 0.3) is 0 Å². The predicted molar refractivity (Wildman–Crippen MR) is 63.2 cm³/mol. The molecule has 0 aromatic carbocycles. The maximum atomic E-state index is 5.61. The molecule has 86 valence electrons. The minimum atomic E-state index is 0.217. The van der Waals surface area contributed by atoms with Crippen molar-refractivity contribution in [2.45, 2.75) is 13.0 Å². The Morgan fingerprint density at radius 1 is 1.50 bits per heavy atom. The number of likely N-dealkylation sites (N-methyl/N-ethyl adjacent to an activating group) is 1. The van der Waals surface area contributed by atoms with Crippen molar-refractivity contribution in [1.82, 2.24) is 19.7 Å². The first-order chi connectivity index (χ1) is 7.63. The van der Waals surface area contributed by atoms with E-state index in [0.717, 1.165) is 11.0 Å². The second-order valence-corrected chi connectivity index (χ2v) is 3.90. The lowest BCUT2D eigenvalue weighted by atomic mass is 10.3. The van der Waals surface area contributed by atoms with Crippen molar-refractivity contribution in [3.8, 4) is 0 Å². The standard InChI is InChI=1S/C10H16N6/c1-7(4-11)15(2)10-12-6-9-8(14-10)5-13-16(9)3/h5-7H,4,11H2,1-3H3. The van der Waals surface area contributed by atoms with Crippen LogP contribution in [0.3, 0.4) is 0 Å². The Morgan fingerprint density at radius 3 is 2.94 bits per heavy atom. The quantitative estimate of drug-likeness (QED) is 0.797. The fourth-order valence-corrected chi connectivity index (χ4v) is 1.45. The average Bonchev–Trinajstić information content (AvgIpc) is 2.68. The molecule has 0 amide bonds. The molecule has 2 aromatic rings. The normalized spacial score (nSPS) is 13.0. The first-order valence-electron chi connectivity index (χ1n) is 5.21. The van der Waals surface area contributed by atoms with Gasteiger partial charge >= 0.3 is 0 Å². The third kappa shape index (κ3) is 1.71. The smallest absolute Gasteiger partial charge is 0.226 e. The molecule has 1 atom stereocenters. The van der Waals surface area contributed by atoms with Gasteiger partial charge in [-0.05, 0) is 6.92 Å². The van der Waals surface area contributed by atoms with Crippen LogP contribution in [0.15, 0.2) is 12.4 Å². The Labute approximate surface area is 94.1 Å². The van der Waals surface area contributed by atoms with Gasteiger partial charge in [0.2, 0.25) is 5.95 Å². The molecule has 2 rings (SSSR count). The van der Waals surface area contributed by atoms with E-state index in [9.17, 15) is 0 Å². The maximum Gasteiger partial charge on any atom is 0.226 e. The third-order valence-corrected chi connectivity index (χ3v) is 2.80. The molecule has 16 heavy (non-hydrogen) atoms. The van der Waals surface area contributed by atoms with Gasteiger partial charge in [0.05, 0.1) is 12.4 Å². The zero-order valence-electron chi connectivity index (χ0n) is 9.75. The minimum Gasteiger partial charge on any atom is -0.340 e. The summed E-state index contributed by atoms with van der Waals surface area (Å²) in [6.07, 6.45) is 3.52. The van der Waals surface area contributed by atoms with Gasteiger partial charge in [-0.1, -0.05) is 0 Å². The molecule has 0 aliphatic rings. The lowest BCUT2D eigenvalue weighted by Gasteiger charge is -2.23. The van der Waals surface area contributed by atoms with Gasteiger partial charge in [0, 0.05) is 26.7 Å². The van der Waals surface area contributed by atoms with Gasteiger partial charge in [-0.3, -0.25) is 4.68 Å². The van der Waals surface area contributed by atoms with Crippen molar-refractivity contribution in [1.29, 1.82) is 0 Å². The second-order valence-electron chi connectivity index (χ2n) is 3.90. The Bertz CT molecular complexity index is 491. The SMILES string of the molecule is CC(CN)N(C)c1ncc2c(cnn2C)n1. The van der Waals surface area contributed by atoms with Crippen molar-refractivity contribution >= 4 is 17.0 Å². The summed E-state index contributed by atoms with van der Waals surface area (Å²) in [4.78, 5) is 10.7. The number of fused-ring (bicyclic) bond motifs is 1. The van der Waals surface area contributed by atoms with E-state index in [4.69, 9.17) is 5.73 Å². The first kappa shape index (κ1) is 10.8. The number of rotatable bonds is 3. The Balaban J connectivity index is 2.39. The van der Waals surface area contributed by atoms with Gasteiger partial charge in [0.15, 0.2) is 0 Å². The number of hydrogen-bond donors (Lipinski definition) is 1. The molecule has 0 aliphatic heterocycles. The van der Waals surface area contributed by atoms with E-state index in [1.54, 1.807) is 17.1 Å². The lowest BCUT2D eigenvalue weighted by Crippen LogP contribution is -2.36. The van der Waals surface area contributed by atoms with E-state index in [0.29, 0.717) is 12.5 Å². The van der Waals surface area contributed by atoms with Crippen molar-refractivity contribution in [2.24, 2.45) is 12.8 Å². The summed E-state index contributed by atoms with van der Waals surface area (Å²) in [5.74, 6) is 0.679. The van der Waals surface area contributed by atoms with Gasteiger partial charge in [-0.15, -0.1) is 0 Å². The summed E-state index contributed by atoms with van der Waals surface area (Å²) in [5.41, 5.74) is 7.39. The predicted octanol–water partition coefficient (Wildman–Crippen LogP) is 0.147. The van der Waals surface area contributed by atoms with Gasteiger partial charge in [0.1, 0.15) is 11.0 Å². The van der Waals surface area contributed by atoms with Crippen LogP contribution >= 0.6 is 0 Å². The molecule has 1 unspecified atom stereocenters. The Hall–Kier alpha value is -1.69. The molecule has 2 heterocycles. The number of aromatic nitrogens is 4. The molecule has 0 aliphatic carbocycles. The molecule has 0 saturated carbocycles. The molecular weight excluding hydrogens is 204 g/mol. The molecule has 0 radical (unpaired) electrons. The van der Waals surface area contributed by atoms with Gasteiger partial charge < -0.3 is 10.6 Å². The van der Waals surface area contributed by atoms with Crippen LogP contribution in [0.2, 0.25) is 0 Å². The van der Waals surface area contributed by atoms with Crippen LogP contribution in [0.4, 0.5) is 5.95 Å². The Kier molecular flexibility index (Phi) is 2.74. The third-order valence-electron chi connectivity index (χ3n) is 2.80. The van der Waals surface area contributed by atoms with E-state index < -0.39 is 0 Å². The van der Waals surface area contributed by atoms with E-state index in [2.05, 4.69) is 15.1 Å². The molecule has 6 nitrogen and oxygen atoms in total. The molecule has 0 spiro atoms. The fourth-order valence-electron chi connectivity index (χ4n) is 1.45. The van der Waals surface area contributed by atoms with Crippen LogP contribution in [-0.2, 0) is 7.05 Å². The van der Waals surface area contributed by atoms with E-state index >= 15 is 0 Å². The zero-order chi connectivity index (χ0) is 11.7. The highest BCUT2D eigenvalue weighted by Gasteiger charge is 2.12. The number of nitrogens with two attached hydrogens (primary N) is 1. The molecule has 0 bridgehead atoms. The summed E-state index contributed by atoms with van der Waals surface area (Å²) in [5, 5.41) is 4.13. The van der Waals surface area contributed by atoms with Crippen LogP contribution < -0.4 is 10.6 Å². The number of nitrogens with zero attached hydrogens (tertiary/aromatic N) is 5. The minimum absolute atomic E-state index is 0.217. The van der Waals surface area contributed by atoms with Crippen LogP contribution in [0, 0.1) is 0 Å². The average molecular weight is 220 g/mol. The van der Waals surface area contributed by atoms with E-state index in [1.165, 1.54) is 0 Å². The van der Waals surface area contributed by atoms with Crippen LogP contribution in [0.25, 0.3) is 11.0 Å². The lowest BCUT2D eigenvalue weighted by molar-refractivity contribution is 0.679. The number of aryl methyl sites for hydroxylation is 1. The summed E-state index contributed by atoms with van der Waals surface area (Å²) in [7, 11) is 3.81. The molecule has 0 saturated heterocycles.